The molecule has 3 rings (SSSR count). The third kappa shape index (κ3) is 2.97. The van der Waals surface area contributed by atoms with E-state index in [2.05, 4.69) is 59.4 Å². The number of hydrogen-bond acceptors (Lipinski definition) is 1. The molecule has 1 atom stereocenters. The van der Waals surface area contributed by atoms with Gasteiger partial charge in [-0.25, -0.2) is 0 Å². The topological polar surface area (TPSA) is 12.0 Å². The van der Waals surface area contributed by atoms with Crippen LogP contribution in [-0.4, -0.2) is 0 Å². The summed E-state index contributed by atoms with van der Waals surface area (Å²) in [5, 5.41) is 4.41. The Bertz CT molecular complexity index is 666. The third-order valence-corrected chi connectivity index (χ3v) is 5.28. The van der Waals surface area contributed by atoms with Gasteiger partial charge >= 0.3 is 0 Å². The first-order chi connectivity index (χ1) is 9.97. The van der Waals surface area contributed by atoms with Crippen molar-refractivity contribution in [3.8, 4) is 0 Å². The quantitative estimate of drug-likeness (QED) is 0.656. The maximum Gasteiger partial charge on any atom is 0.0517 e. The van der Waals surface area contributed by atoms with Gasteiger partial charge in [-0.05, 0) is 63.5 Å². The van der Waals surface area contributed by atoms with Crippen LogP contribution in [0.4, 0.5) is 5.69 Å². The Kier molecular flexibility index (Phi) is 4.02. The lowest BCUT2D eigenvalue weighted by atomic mass is 9.71. The summed E-state index contributed by atoms with van der Waals surface area (Å²) < 4.78 is 1.01. The molecule has 0 heterocycles. The molecular formula is C18H19BrClN. The summed E-state index contributed by atoms with van der Waals surface area (Å²) in [6.45, 7) is 4.67. The van der Waals surface area contributed by atoms with E-state index in [9.17, 15) is 0 Å². The van der Waals surface area contributed by atoms with Gasteiger partial charge in [0.2, 0.25) is 0 Å². The summed E-state index contributed by atoms with van der Waals surface area (Å²) in [7, 11) is 0. The predicted molar refractivity (Wildman–Crippen MR) is 94.2 cm³/mol. The molecule has 1 nitrogen and oxygen atoms in total. The molecule has 1 unspecified atom stereocenters. The number of halogens is 2. The van der Waals surface area contributed by atoms with Gasteiger partial charge in [-0.15, -0.1) is 0 Å². The zero-order valence-corrected chi connectivity index (χ0v) is 14.6. The molecule has 0 bridgehead atoms. The highest BCUT2D eigenvalue weighted by molar-refractivity contribution is 9.10. The minimum atomic E-state index is 0.256. The van der Waals surface area contributed by atoms with Crippen molar-refractivity contribution in [2.75, 3.05) is 5.32 Å². The highest BCUT2D eigenvalue weighted by Crippen LogP contribution is 2.43. The molecular weight excluding hydrogens is 346 g/mol. The molecule has 0 aromatic heterocycles. The van der Waals surface area contributed by atoms with Crippen LogP contribution in [0, 0.1) is 0 Å². The molecule has 0 fully saturated rings. The van der Waals surface area contributed by atoms with Gasteiger partial charge in [0.15, 0.2) is 0 Å². The molecule has 1 N–H and O–H groups in total. The van der Waals surface area contributed by atoms with Gasteiger partial charge in [0.05, 0.1) is 6.04 Å². The van der Waals surface area contributed by atoms with E-state index in [-0.39, 0.29) is 5.41 Å². The van der Waals surface area contributed by atoms with Crippen LogP contribution >= 0.6 is 27.5 Å². The lowest BCUT2D eigenvalue weighted by molar-refractivity contribution is 0.406. The fourth-order valence-electron chi connectivity index (χ4n) is 3.16. The van der Waals surface area contributed by atoms with Crippen LogP contribution in [0.2, 0.25) is 5.02 Å². The van der Waals surface area contributed by atoms with E-state index in [0.29, 0.717) is 6.04 Å². The van der Waals surface area contributed by atoms with E-state index in [1.807, 2.05) is 18.2 Å². The summed E-state index contributed by atoms with van der Waals surface area (Å²) in [5.74, 6) is 0. The first-order valence-corrected chi connectivity index (χ1v) is 8.45. The standard InChI is InChI=1S/C18H19BrClN/c1-18(2)10-9-16(13-5-3-4-6-14(13)18)21-17-8-7-12(20)11-15(17)19/h3-8,11,16,21H,9-10H2,1-2H3. The van der Waals surface area contributed by atoms with Crippen LogP contribution in [0.5, 0.6) is 0 Å². The Morgan fingerprint density at radius 2 is 1.95 bits per heavy atom. The molecule has 0 spiro atoms. The molecule has 110 valence electrons. The third-order valence-electron chi connectivity index (χ3n) is 4.38. The van der Waals surface area contributed by atoms with Crippen LogP contribution in [0.25, 0.3) is 0 Å². The molecule has 3 heteroatoms. The SMILES string of the molecule is CC1(C)CCC(Nc2ccc(Cl)cc2Br)c2ccccc21. The minimum absolute atomic E-state index is 0.256. The molecule has 2 aromatic carbocycles. The van der Waals surface area contributed by atoms with Crippen molar-refractivity contribution in [2.45, 2.75) is 38.1 Å². The van der Waals surface area contributed by atoms with Crippen molar-refractivity contribution in [3.63, 3.8) is 0 Å². The fourth-order valence-corrected chi connectivity index (χ4v) is 3.95. The summed E-state index contributed by atoms with van der Waals surface area (Å²) >= 11 is 9.61. The van der Waals surface area contributed by atoms with Crippen LogP contribution < -0.4 is 5.32 Å². The monoisotopic (exact) mass is 363 g/mol. The molecule has 1 aliphatic carbocycles. The van der Waals surface area contributed by atoms with Gasteiger partial charge in [-0.2, -0.15) is 0 Å². The number of benzene rings is 2. The molecule has 0 saturated heterocycles. The molecule has 1 aliphatic rings. The summed E-state index contributed by atoms with van der Waals surface area (Å²) in [6.07, 6.45) is 2.33. The van der Waals surface area contributed by atoms with Gasteiger partial charge in [0, 0.05) is 15.2 Å². The van der Waals surface area contributed by atoms with Crippen molar-refractivity contribution in [1.82, 2.24) is 0 Å². The average Bonchev–Trinajstić information content (AvgIpc) is 2.45. The van der Waals surface area contributed by atoms with E-state index < -0.39 is 0 Å². The molecule has 0 amide bonds. The van der Waals surface area contributed by atoms with Crippen molar-refractivity contribution in [3.05, 3.63) is 63.1 Å². The van der Waals surface area contributed by atoms with Gasteiger partial charge in [-0.3, -0.25) is 0 Å². The highest BCUT2D eigenvalue weighted by Gasteiger charge is 2.32. The number of anilines is 1. The van der Waals surface area contributed by atoms with Crippen molar-refractivity contribution in [1.29, 1.82) is 0 Å². The average molecular weight is 365 g/mol. The first-order valence-electron chi connectivity index (χ1n) is 7.28. The predicted octanol–water partition coefficient (Wildman–Crippen LogP) is 6.33. The number of hydrogen-bond donors (Lipinski definition) is 1. The smallest absolute Gasteiger partial charge is 0.0517 e. The van der Waals surface area contributed by atoms with Crippen LogP contribution in [0.3, 0.4) is 0 Å². The Morgan fingerprint density at radius 1 is 1.19 bits per heavy atom. The van der Waals surface area contributed by atoms with E-state index in [1.165, 1.54) is 17.5 Å². The Morgan fingerprint density at radius 3 is 2.71 bits per heavy atom. The van der Waals surface area contributed by atoms with Crippen LogP contribution in [0.15, 0.2) is 46.9 Å². The van der Waals surface area contributed by atoms with Crippen LogP contribution in [-0.2, 0) is 5.41 Å². The largest absolute Gasteiger partial charge is 0.377 e. The molecule has 0 aliphatic heterocycles. The first kappa shape index (κ1) is 14.9. The Hall–Kier alpha value is -0.990. The van der Waals surface area contributed by atoms with Gasteiger partial charge in [-0.1, -0.05) is 49.7 Å². The molecule has 0 radical (unpaired) electrons. The second kappa shape index (κ2) is 5.66. The van der Waals surface area contributed by atoms with E-state index in [1.54, 1.807) is 0 Å². The molecule has 0 saturated carbocycles. The zero-order valence-electron chi connectivity index (χ0n) is 12.3. The minimum Gasteiger partial charge on any atom is -0.377 e. The van der Waals surface area contributed by atoms with Gasteiger partial charge < -0.3 is 5.32 Å². The number of nitrogens with one attached hydrogen (secondary N) is 1. The van der Waals surface area contributed by atoms with Crippen molar-refractivity contribution < 1.29 is 0 Å². The maximum atomic E-state index is 6.02. The lowest BCUT2D eigenvalue weighted by Gasteiger charge is -2.37. The number of rotatable bonds is 2. The number of fused-ring (bicyclic) bond motifs is 1. The summed E-state index contributed by atoms with van der Waals surface area (Å²) in [4.78, 5) is 0. The normalized spacial score (nSPS) is 19.9. The highest BCUT2D eigenvalue weighted by atomic mass is 79.9. The summed E-state index contributed by atoms with van der Waals surface area (Å²) in [6, 6.07) is 15.0. The Balaban J connectivity index is 1.94. The lowest BCUT2D eigenvalue weighted by Crippen LogP contribution is -2.29. The second-order valence-corrected chi connectivity index (χ2v) is 7.62. The summed E-state index contributed by atoms with van der Waals surface area (Å²) in [5.41, 5.74) is 4.22. The van der Waals surface area contributed by atoms with E-state index in [0.717, 1.165) is 21.6 Å². The fraction of sp³-hybridized carbons (Fsp3) is 0.333. The van der Waals surface area contributed by atoms with E-state index >= 15 is 0 Å². The molecule has 2 aromatic rings. The molecule has 21 heavy (non-hydrogen) atoms. The van der Waals surface area contributed by atoms with Crippen molar-refractivity contribution in [2.24, 2.45) is 0 Å². The van der Waals surface area contributed by atoms with Gasteiger partial charge in [0.25, 0.3) is 0 Å². The van der Waals surface area contributed by atoms with Gasteiger partial charge in [0.1, 0.15) is 0 Å². The Labute approximate surface area is 139 Å². The maximum absolute atomic E-state index is 6.02. The second-order valence-electron chi connectivity index (χ2n) is 6.33. The zero-order chi connectivity index (χ0) is 15.0. The van der Waals surface area contributed by atoms with Crippen LogP contribution in [0.1, 0.15) is 43.9 Å². The van der Waals surface area contributed by atoms with E-state index in [4.69, 9.17) is 11.6 Å². The van der Waals surface area contributed by atoms with Crippen molar-refractivity contribution >= 4 is 33.2 Å².